The summed E-state index contributed by atoms with van der Waals surface area (Å²) in [5.74, 6) is 0. The molecular formula is C6H6O3S2. The molecule has 0 aliphatic rings. The maximum Gasteiger partial charge on any atom is 0.249 e. The minimum Gasteiger partial charge on any atom is -0.282 e. The van der Waals surface area contributed by atoms with Gasteiger partial charge in [-0.2, -0.15) is 0 Å². The average Bonchev–Trinajstić information content (AvgIpc) is 2.37. The molecule has 1 aromatic rings. The highest BCUT2D eigenvalue weighted by molar-refractivity contribution is 8.07. The lowest BCUT2D eigenvalue weighted by molar-refractivity contribution is -0.109. The zero-order chi connectivity index (χ0) is 8.48. The Morgan fingerprint density at radius 2 is 2.18 bits per heavy atom. The molecule has 11 heavy (non-hydrogen) atoms. The van der Waals surface area contributed by atoms with Gasteiger partial charge in [0.1, 0.15) is 4.21 Å². The largest absolute Gasteiger partial charge is 0.282 e. The monoisotopic (exact) mass is 190 g/mol. The van der Waals surface area contributed by atoms with Crippen LogP contribution in [0.2, 0.25) is 0 Å². The first-order valence-corrected chi connectivity index (χ1v) is 5.20. The highest BCUT2D eigenvalue weighted by Crippen LogP contribution is 2.17. The lowest BCUT2D eigenvalue weighted by Gasteiger charge is -1.92. The lowest BCUT2D eigenvalue weighted by Crippen LogP contribution is -2.08. The standard InChI is InChI=1S/C6H6O3S2/c1-5(7)11(8,9)6-3-2-4-10-6/h2-4H,1H3. The predicted octanol–water partition coefficient (Wildman–Crippen LogP) is 1.07. The first kappa shape index (κ1) is 8.42. The second-order valence-corrected chi connectivity index (χ2v) is 5.15. The molecule has 0 amide bonds. The van der Waals surface area contributed by atoms with Crippen LogP contribution >= 0.6 is 11.3 Å². The molecule has 0 unspecified atom stereocenters. The molecule has 0 N–H and O–H groups in total. The van der Waals surface area contributed by atoms with Gasteiger partial charge in [-0.15, -0.1) is 11.3 Å². The van der Waals surface area contributed by atoms with Crippen LogP contribution in [0.5, 0.6) is 0 Å². The summed E-state index contributed by atoms with van der Waals surface area (Å²) in [4.78, 5) is 10.6. The minimum absolute atomic E-state index is 0.116. The van der Waals surface area contributed by atoms with Crippen molar-refractivity contribution in [2.45, 2.75) is 11.1 Å². The smallest absolute Gasteiger partial charge is 0.249 e. The van der Waals surface area contributed by atoms with Gasteiger partial charge in [0.15, 0.2) is 0 Å². The molecule has 0 bridgehead atoms. The molecule has 1 aromatic heterocycles. The summed E-state index contributed by atoms with van der Waals surface area (Å²) >= 11 is 1.05. The molecule has 0 aliphatic carbocycles. The van der Waals surface area contributed by atoms with E-state index in [1.165, 1.54) is 6.07 Å². The van der Waals surface area contributed by atoms with Crippen molar-refractivity contribution in [3.63, 3.8) is 0 Å². The van der Waals surface area contributed by atoms with Gasteiger partial charge < -0.3 is 0 Å². The quantitative estimate of drug-likeness (QED) is 0.665. The van der Waals surface area contributed by atoms with Crippen molar-refractivity contribution < 1.29 is 13.2 Å². The van der Waals surface area contributed by atoms with Gasteiger partial charge in [0.25, 0.3) is 0 Å². The van der Waals surface area contributed by atoms with Gasteiger partial charge in [0.05, 0.1) is 0 Å². The number of hydrogen-bond acceptors (Lipinski definition) is 4. The number of sulfone groups is 1. The number of thiophene rings is 1. The van der Waals surface area contributed by atoms with Crippen LogP contribution in [0.1, 0.15) is 6.92 Å². The molecule has 0 fully saturated rings. The zero-order valence-electron chi connectivity index (χ0n) is 5.77. The van der Waals surface area contributed by atoms with E-state index in [1.807, 2.05) is 0 Å². The second kappa shape index (κ2) is 2.75. The van der Waals surface area contributed by atoms with Crippen molar-refractivity contribution >= 4 is 26.3 Å². The molecule has 0 atom stereocenters. The van der Waals surface area contributed by atoms with Gasteiger partial charge in [-0.1, -0.05) is 6.07 Å². The van der Waals surface area contributed by atoms with E-state index in [1.54, 1.807) is 11.4 Å². The Morgan fingerprint density at radius 3 is 2.55 bits per heavy atom. The summed E-state index contributed by atoms with van der Waals surface area (Å²) in [6.07, 6.45) is 0. The van der Waals surface area contributed by atoms with Crippen LogP contribution in [0, 0.1) is 0 Å². The van der Waals surface area contributed by atoms with Gasteiger partial charge >= 0.3 is 0 Å². The molecule has 0 spiro atoms. The third-order valence-corrected chi connectivity index (χ3v) is 4.17. The first-order valence-electron chi connectivity index (χ1n) is 2.84. The van der Waals surface area contributed by atoms with E-state index in [0.29, 0.717) is 0 Å². The normalized spacial score (nSPS) is 11.4. The van der Waals surface area contributed by atoms with E-state index in [4.69, 9.17) is 0 Å². The fourth-order valence-corrected chi connectivity index (χ4v) is 2.57. The Morgan fingerprint density at radius 1 is 1.55 bits per heavy atom. The van der Waals surface area contributed by atoms with Crippen molar-refractivity contribution in [1.29, 1.82) is 0 Å². The molecule has 5 heteroatoms. The van der Waals surface area contributed by atoms with E-state index in [2.05, 4.69) is 0 Å². The Balaban J connectivity index is 3.22. The molecule has 0 aliphatic heterocycles. The summed E-state index contributed by atoms with van der Waals surface area (Å²) in [6, 6.07) is 3.02. The van der Waals surface area contributed by atoms with Crippen LogP contribution in [0.3, 0.4) is 0 Å². The van der Waals surface area contributed by atoms with E-state index >= 15 is 0 Å². The molecule has 0 saturated heterocycles. The summed E-state index contributed by atoms with van der Waals surface area (Å²) in [6.45, 7) is 1.05. The number of carbonyl (C=O) groups is 1. The molecule has 0 radical (unpaired) electrons. The number of rotatable bonds is 1. The van der Waals surface area contributed by atoms with Gasteiger partial charge in [-0.05, 0) is 11.4 Å². The summed E-state index contributed by atoms with van der Waals surface area (Å²) in [7, 11) is -3.65. The minimum atomic E-state index is -3.65. The molecule has 0 aromatic carbocycles. The second-order valence-electron chi connectivity index (χ2n) is 1.93. The van der Waals surface area contributed by atoms with Crippen LogP contribution in [-0.4, -0.2) is 13.5 Å². The van der Waals surface area contributed by atoms with E-state index in [9.17, 15) is 13.2 Å². The molecule has 3 nitrogen and oxygen atoms in total. The Labute approximate surface area is 68.6 Å². The molecule has 1 rings (SSSR count). The van der Waals surface area contributed by atoms with Crippen LogP contribution in [0.15, 0.2) is 21.7 Å². The van der Waals surface area contributed by atoms with Gasteiger partial charge in [-0.3, -0.25) is 4.79 Å². The van der Waals surface area contributed by atoms with Gasteiger partial charge in [0, 0.05) is 6.92 Å². The van der Waals surface area contributed by atoms with Crippen molar-refractivity contribution in [2.75, 3.05) is 0 Å². The Hall–Kier alpha value is -0.680. The van der Waals surface area contributed by atoms with Gasteiger partial charge in [0.2, 0.25) is 15.0 Å². The topological polar surface area (TPSA) is 51.2 Å². The van der Waals surface area contributed by atoms with Crippen molar-refractivity contribution in [2.24, 2.45) is 0 Å². The SMILES string of the molecule is CC(=O)S(=O)(=O)c1cccs1. The number of carbonyl (C=O) groups excluding carboxylic acids is 1. The van der Waals surface area contributed by atoms with E-state index < -0.39 is 15.0 Å². The summed E-state index contributed by atoms with van der Waals surface area (Å²) in [5, 5.41) is 0.815. The maximum atomic E-state index is 11.1. The lowest BCUT2D eigenvalue weighted by atomic mass is 10.7. The third kappa shape index (κ3) is 1.49. The Bertz CT molecular complexity index is 347. The highest BCUT2D eigenvalue weighted by Gasteiger charge is 2.20. The maximum absolute atomic E-state index is 11.1. The van der Waals surface area contributed by atoms with E-state index in [0.717, 1.165) is 18.3 Å². The van der Waals surface area contributed by atoms with Crippen LogP contribution in [0.4, 0.5) is 0 Å². The molecule has 0 saturated carbocycles. The van der Waals surface area contributed by atoms with Crippen molar-refractivity contribution in [1.82, 2.24) is 0 Å². The van der Waals surface area contributed by atoms with E-state index in [-0.39, 0.29) is 4.21 Å². The first-order chi connectivity index (χ1) is 5.05. The summed E-state index contributed by atoms with van der Waals surface area (Å²) in [5.41, 5.74) is 0. The van der Waals surface area contributed by atoms with Crippen LogP contribution < -0.4 is 0 Å². The van der Waals surface area contributed by atoms with Crippen molar-refractivity contribution in [3.05, 3.63) is 17.5 Å². The van der Waals surface area contributed by atoms with Crippen LogP contribution in [0.25, 0.3) is 0 Å². The molecule has 60 valence electrons. The predicted molar refractivity (Wildman–Crippen MR) is 42.2 cm³/mol. The highest BCUT2D eigenvalue weighted by atomic mass is 32.2. The fraction of sp³-hybridized carbons (Fsp3) is 0.167. The number of hydrogen-bond donors (Lipinski definition) is 0. The average molecular weight is 190 g/mol. The molecule has 1 heterocycles. The zero-order valence-corrected chi connectivity index (χ0v) is 7.41. The third-order valence-electron chi connectivity index (χ3n) is 1.14. The van der Waals surface area contributed by atoms with Crippen LogP contribution in [-0.2, 0) is 14.6 Å². The molecular weight excluding hydrogens is 184 g/mol. The summed E-state index contributed by atoms with van der Waals surface area (Å²) < 4.78 is 22.2. The van der Waals surface area contributed by atoms with Gasteiger partial charge in [-0.25, -0.2) is 8.42 Å². The fourth-order valence-electron chi connectivity index (χ4n) is 0.558. The van der Waals surface area contributed by atoms with Crippen molar-refractivity contribution in [3.8, 4) is 0 Å². The Kier molecular flexibility index (Phi) is 2.10.